The average molecular weight is 390 g/mol. The van der Waals surface area contributed by atoms with Gasteiger partial charge in [-0.15, -0.1) is 0 Å². The summed E-state index contributed by atoms with van der Waals surface area (Å²) in [5.74, 6) is -0.918. The molecule has 1 aromatic heterocycles. The Balaban J connectivity index is 2.46. The number of Topliss-reactive ketones (excluding diaryl/α,β-unsaturated/α-hetero) is 1. The molecule has 3 N–H and O–H groups in total. The number of rotatable bonds is 5. The minimum atomic E-state index is -1.21. The molecule has 3 rings (SSSR count). The zero-order valence-electron chi connectivity index (χ0n) is 16.7. The van der Waals surface area contributed by atoms with Gasteiger partial charge in [0.1, 0.15) is 23.2 Å². The van der Waals surface area contributed by atoms with Crippen LogP contribution in [0.4, 0.5) is 0 Å². The molecule has 1 aromatic carbocycles. The third kappa shape index (κ3) is 3.18. The maximum atomic E-state index is 12.8. The maximum absolute atomic E-state index is 12.8. The molecule has 0 saturated heterocycles. The fraction of sp³-hybridized carbons (Fsp3) is 0.524. The van der Waals surface area contributed by atoms with Crippen LogP contribution in [-0.4, -0.2) is 32.8 Å². The summed E-state index contributed by atoms with van der Waals surface area (Å²) in [6.45, 7) is 8.29. The number of carbonyl (C=O) groups excluding carboxylic acids is 1. The first-order valence-corrected chi connectivity index (χ1v) is 9.44. The molecule has 2 aromatic rings. The molecular formula is C21H26O7. The van der Waals surface area contributed by atoms with E-state index in [-0.39, 0.29) is 45.8 Å². The van der Waals surface area contributed by atoms with Gasteiger partial charge in [-0.1, -0.05) is 20.8 Å². The SMILES string of the molecule is CC[C@H](O)c1cc(=O)oc2c(C(=O)C(C)C)c(O)c3c(c12)OC(C(C)(C)O)C3. The van der Waals surface area contributed by atoms with Gasteiger partial charge in [0.2, 0.25) is 0 Å². The molecule has 0 radical (unpaired) electrons. The van der Waals surface area contributed by atoms with Crippen LogP contribution in [0, 0.1) is 5.92 Å². The third-order valence-corrected chi connectivity index (χ3v) is 5.20. The van der Waals surface area contributed by atoms with Crippen molar-refractivity contribution in [2.45, 2.75) is 65.3 Å². The molecule has 152 valence electrons. The summed E-state index contributed by atoms with van der Waals surface area (Å²) in [5.41, 5.74) is -1.49. The van der Waals surface area contributed by atoms with Gasteiger partial charge in [0.05, 0.1) is 17.1 Å². The van der Waals surface area contributed by atoms with Crippen LogP contribution >= 0.6 is 0 Å². The van der Waals surface area contributed by atoms with Gasteiger partial charge in [0.25, 0.3) is 0 Å². The number of aromatic hydroxyl groups is 1. The number of ether oxygens (including phenoxy) is 1. The van der Waals surface area contributed by atoms with Gasteiger partial charge in [-0.3, -0.25) is 4.79 Å². The lowest BCUT2D eigenvalue weighted by atomic mass is 9.90. The van der Waals surface area contributed by atoms with E-state index in [1.165, 1.54) is 6.07 Å². The Bertz CT molecular complexity index is 995. The van der Waals surface area contributed by atoms with E-state index in [1.807, 2.05) is 0 Å². The van der Waals surface area contributed by atoms with Crippen molar-refractivity contribution in [1.29, 1.82) is 0 Å². The molecule has 0 aliphatic carbocycles. The fourth-order valence-corrected chi connectivity index (χ4v) is 3.52. The highest BCUT2D eigenvalue weighted by Gasteiger charge is 2.40. The Hall–Kier alpha value is -2.38. The van der Waals surface area contributed by atoms with Crippen molar-refractivity contribution in [2.75, 3.05) is 0 Å². The minimum Gasteiger partial charge on any atom is -0.507 e. The van der Waals surface area contributed by atoms with E-state index >= 15 is 0 Å². The molecule has 7 nitrogen and oxygen atoms in total. The van der Waals surface area contributed by atoms with Crippen LogP contribution in [0.5, 0.6) is 11.5 Å². The Morgan fingerprint density at radius 2 is 2.00 bits per heavy atom. The summed E-state index contributed by atoms with van der Waals surface area (Å²) < 4.78 is 11.3. The molecule has 2 heterocycles. The minimum absolute atomic E-state index is 0.0917. The number of phenolic OH excluding ortho intramolecular Hbond substituents is 1. The van der Waals surface area contributed by atoms with Crippen molar-refractivity contribution in [2.24, 2.45) is 5.92 Å². The lowest BCUT2D eigenvalue weighted by molar-refractivity contribution is -0.0225. The standard InChI is InChI=1S/C21H26O7/c1-6-12(22)10-8-14(23)28-20-15(10)19-11(7-13(27-19)21(4,5)26)18(25)16(20)17(24)9(2)3/h8-9,12-13,22,25-26H,6-7H2,1-5H3/t12-,13?/m0/s1. The van der Waals surface area contributed by atoms with Crippen LogP contribution in [0.15, 0.2) is 15.3 Å². The fourth-order valence-electron chi connectivity index (χ4n) is 3.52. The van der Waals surface area contributed by atoms with Crippen molar-refractivity contribution in [3.8, 4) is 11.5 Å². The van der Waals surface area contributed by atoms with Gasteiger partial charge in [0.15, 0.2) is 11.4 Å². The van der Waals surface area contributed by atoms with Gasteiger partial charge < -0.3 is 24.5 Å². The van der Waals surface area contributed by atoms with Crippen LogP contribution in [0.25, 0.3) is 11.0 Å². The predicted octanol–water partition coefficient (Wildman–Crippen LogP) is 2.86. The number of phenols is 1. The first-order valence-electron chi connectivity index (χ1n) is 9.44. The van der Waals surface area contributed by atoms with Crippen molar-refractivity contribution in [3.63, 3.8) is 0 Å². The lowest BCUT2D eigenvalue weighted by Gasteiger charge is -2.25. The summed E-state index contributed by atoms with van der Waals surface area (Å²) in [4.78, 5) is 25.0. The number of benzene rings is 1. The number of aliphatic hydroxyl groups is 2. The number of aliphatic hydroxyl groups excluding tert-OH is 1. The smallest absolute Gasteiger partial charge is 0.336 e. The Labute approximate surface area is 162 Å². The molecule has 0 amide bonds. The zero-order valence-corrected chi connectivity index (χ0v) is 16.7. The molecular weight excluding hydrogens is 364 g/mol. The first kappa shape index (κ1) is 20.4. The second-order valence-corrected chi connectivity index (χ2v) is 8.16. The molecule has 0 saturated carbocycles. The van der Waals surface area contributed by atoms with Gasteiger partial charge in [-0.2, -0.15) is 0 Å². The Morgan fingerprint density at radius 3 is 2.54 bits per heavy atom. The monoisotopic (exact) mass is 390 g/mol. The molecule has 1 aliphatic rings. The normalized spacial score (nSPS) is 17.6. The van der Waals surface area contributed by atoms with Crippen molar-refractivity contribution in [1.82, 2.24) is 0 Å². The van der Waals surface area contributed by atoms with Gasteiger partial charge in [-0.25, -0.2) is 4.79 Å². The van der Waals surface area contributed by atoms with Crippen LogP contribution in [0.3, 0.4) is 0 Å². The molecule has 1 unspecified atom stereocenters. The summed E-state index contributed by atoms with van der Waals surface area (Å²) in [7, 11) is 0. The number of fused-ring (bicyclic) bond motifs is 3. The number of hydrogen-bond donors (Lipinski definition) is 3. The van der Waals surface area contributed by atoms with E-state index in [0.29, 0.717) is 12.0 Å². The summed E-state index contributed by atoms with van der Waals surface area (Å²) >= 11 is 0. The number of carbonyl (C=O) groups is 1. The van der Waals surface area contributed by atoms with Gasteiger partial charge in [-0.05, 0) is 20.3 Å². The zero-order chi connectivity index (χ0) is 21.0. The number of ketones is 1. The van der Waals surface area contributed by atoms with Crippen LogP contribution in [0.2, 0.25) is 0 Å². The summed E-state index contributed by atoms with van der Waals surface area (Å²) in [6, 6.07) is 1.18. The molecule has 1 aliphatic heterocycles. The third-order valence-electron chi connectivity index (χ3n) is 5.20. The molecule has 0 spiro atoms. The van der Waals surface area contributed by atoms with E-state index in [9.17, 15) is 24.9 Å². The summed E-state index contributed by atoms with van der Waals surface area (Å²) in [5, 5.41) is 32.0. The first-order chi connectivity index (χ1) is 13.0. The Kier molecular flexibility index (Phi) is 5.02. The molecule has 0 fully saturated rings. The van der Waals surface area contributed by atoms with E-state index in [1.54, 1.807) is 34.6 Å². The highest BCUT2D eigenvalue weighted by atomic mass is 16.5. The summed E-state index contributed by atoms with van der Waals surface area (Å²) in [6.07, 6.45) is -1.14. The average Bonchev–Trinajstić information content (AvgIpc) is 3.06. The van der Waals surface area contributed by atoms with E-state index in [0.717, 1.165) is 0 Å². The molecule has 0 bridgehead atoms. The highest BCUT2D eigenvalue weighted by Crippen LogP contribution is 2.48. The van der Waals surface area contributed by atoms with Gasteiger partial charge >= 0.3 is 5.63 Å². The second kappa shape index (κ2) is 6.90. The van der Waals surface area contributed by atoms with Crippen molar-refractivity contribution >= 4 is 16.8 Å². The van der Waals surface area contributed by atoms with Crippen LogP contribution in [0.1, 0.15) is 68.6 Å². The van der Waals surface area contributed by atoms with Crippen LogP contribution < -0.4 is 10.4 Å². The topological polar surface area (TPSA) is 117 Å². The predicted molar refractivity (Wildman–Crippen MR) is 103 cm³/mol. The molecule has 28 heavy (non-hydrogen) atoms. The second-order valence-electron chi connectivity index (χ2n) is 8.16. The lowest BCUT2D eigenvalue weighted by Crippen LogP contribution is -2.39. The van der Waals surface area contributed by atoms with Crippen molar-refractivity contribution < 1.29 is 29.3 Å². The quantitative estimate of drug-likeness (QED) is 0.531. The van der Waals surface area contributed by atoms with Crippen molar-refractivity contribution in [3.05, 3.63) is 33.2 Å². The van der Waals surface area contributed by atoms with E-state index in [2.05, 4.69) is 0 Å². The van der Waals surface area contributed by atoms with E-state index < -0.39 is 29.4 Å². The molecule has 7 heteroatoms. The van der Waals surface area contributed by atoms with Crippen LogP contribution in [-0.2, 0) is 6.42 Å². The largest absolute Gasteiger partial charge is 0.507 e. The van der Waals surface area contributed by atoms with E-state index in [4.69, 9.17) is 9.15 Å². The maximum Gasteiger partial charge on any atom is 0.336 e. The highest BCUT2D eigenvalue weighted by molar-refractivity contribution is 6.12. The van der Waals surface area contributed by atoms with Gasteiger partial charge in [0, 0.05) is 29.5 Å². The Morgan fingerprint density at radius 1 is 1.36 bits per heavy atom. The number of hydrogen-bond acceptors (Lipinski definition) is 7. The molecule has 2 atom stereocenters.